The summed E-state index contributed by atoms with van der Waals surface area (Å²) in [7, 11) is 0. The molecule has 1 aromatic carbocycles. The van der Waals surface area contributed by atoms with Crippen LogP contribution in [-0.2, 0) is 17.8 Å². The number of para-hydroxylation sites is 1. The average molecular weight is 402 g/mol. The number of rotatable bonds is 7. The first-order valence-corrected chi connectivity index (χ1v) is 10.8. The van der Waals surface area contributed by atoms with Crippen LogP contribution in [0.15, 0.2) is 23.4 Å². The molecular formula is C21H27N3O3S. The summed E-state index contributed by atoms with van der Waals surface area (Å²) in [6, 6.07) is 5.84. The van der Waals surface area contributed by atoms with Crippen LogP contribution >= 0.6 is 11.8 Å². The molecule has 0 bridgehead atoms. The van der Waals surface area contributed by atoms with Crippen LogP contribution < -0.4 is 9.47 Å². The molecule has 1 amide bonds. The molecule has 1 aliphatic heterocycles. The molecule has 0 radical (unpaired) electrons. The van der Waals surface area contributed by atoms with Gasteiger partial charge in [-0.2, -0.15) is 0 Å². The van der Waals surface area contributed by atoms with Crippen molar-refractivity contribution in [2.45, 2.75) is 45.3 Å². The molecule has 3 rings (SSSR count). The van der Waals surface area contributed by atoms with Gasteiger partial charge in [-0.15, -0.1) is 0 Å². The van der Waals surface area contributed by atoms with Crippen molar-refractivity contribution in [1.82, 2.24) is 14.9 Å². The summed E-state index contributed by atoms with van der Waals surface area (Å²) in [6.45, 7) is 8.22. The van der Waals surface area contributed by atoms with Gasteiger partial charge in [0.25, 0.3) is 0 Å². The number of thioether (sulfide) groups is 1. The quantitative estimate of drug-likeness (QED) is 0.522. The van der Waals surface area contributed by atoms with Crippen LogP contribution in [0, 0.1) is 13.8 Å². The van der Waals surface area contributed by atoms with Gasteiger partial charge in [0.2, 0.25) is 5.91 Å². The Kier molecular flexibility index (Phi) is 6.78. The fourth-order valence-corrected chi connectivity index (χ4v) is 3.85. The second-order valence-corrected chi connectivity index (χ2v) is 7.48. The maximum atomic E-state index is 12.9. The summed E-state index contributed by atoms with van der Waals surface area (Å²) >= 11 is 1.53. The first-order chi connectivity index (χ1) is 13.5. The van der Waals surface area contributed by atoms with Crippen LogP contribution in [0.5, 0.6) is 11.5 Å². The Morgan fingerprint density at radius 2 is 1.89 bits per heavy atom. The zero-order valence-electron chi connectivity index (χ0n) is 16.9. The Morgan fingerprint density at radius 3 is 2.57 bits per heavy atom. The normalized spacial score (nSPS) is 12.7. The molecule has 28 heavy (non-hydrogen) atoms. The number of benzene rings is 1. The van der Waals surface area contributed by atoms with Gasteiger partial charge in [0.05, 0.1) is 0 Å². The lowest BCUT2D eigenvalue weighted by Crippen LogP contribution is -2.31. The molecule has 0 fully saturated rings. The summed E-state index contributed by atoms with van der Waals surface area (Å²) in [5.74, 6) is 1.63. The van der Waals surface area contributed by atoms with E-state index in [-0.39, 0.29) is 5.91 Å². The van der Waals surface area contributed by atoms with Crippen LogP contribution in [0.25, 0.3) is 0 Å². The number of hydrogen-bond donors (Lipinski definition) is 0. The number of fused-ring (bicyclic) bond motifs is 1. The highest BCUT2D eigenvalue weighted by Crippen LogP contribution is 2.34. The number of carbonyl (C=O) groups is 1. The molecule has 7 heteroatoms. The van der Waals surface area contributed by atoms with E-state index in [1.54, 1.807) is 0 Å². The summed E-state index contributed by atoms with van der Waals surface area (Å²) in [5, 5.41) is 0.774. The molecule has 0 saturated heterocycles. The molecule has 0 N–H and O–H groups in total. The van der Waals surface area contributed by atoms with Gasteiger partial charge in [0.15, 0.2) is 16.7 Å². The molecule has 2 heterocycles. The lowest BCUT2D eigenvalue weighted by molar-refractivity contribution is -0.131. The van der Waals surface area contributed by atoms with Crippen LogP contribution in [0.2, 0.25) is 0 Å². The highest BCUT2D eigenvalue weighted by Gasteiger charge is 2.20. The number of nitrogens with zero attached hydrogens (tertiary/aromatic N) is 3. The molecule has 150 valence electrons. The Balaban J connectivity index is 1.68. The summed E-state index contributed by atoms with van der Waals surface area (Å²) in [5.41, 5.74) is 3.95. The van der Waals surface area contributed by atoms with Gasteiger partial charge in [-0.05, 0) is 45.1 Å². The Labute approximate surface area is 170 Å². The minimum atomic E-state index is 0.115. The first-order valence-electron chi connectivity index (χ1n) is 9.56. The third kappa shape index (κ3) is 4.58. The lowest BCUT2D eigenvalue weighted by atomic mass is 10.1. The number of hydrogen-bond acceptors (Lipinski definition) is 6. The van der Waals surface area contributed by atoms with Crippen LogP contribution in [0.3, 0.4) is 0 Å². The van der Waals surface area contributed by atoms with E-state index in [2.05, 4.69) is 9.97 Å². The Morgan fingerprint density at radius 1 is 1.18 bits per heavy atom. The largest absolute Gasteiger partial charge is 0.486 e. The van der Waals surface area contributed by atoms with E-state index < -0.39 is 0 Å². The summed E-state index contributed by atoms with van der Waals surface area (Å²) < 4.78 is 11.4. The molecule has 0 atom stereocenters. The van der Waals surface area contributed by atoms with Crippen LogP contribution in [-0.4, -0.2) is 46.8 Å². The SMILES string of the molecule is CCN(Cc1cccc2c1OCCO2)C(=O)CCc1c(C)nc(SC)nc1C. The maximum absolute atomic E-state index is 12.9. The van der Waals surface area contributed by atoms with Gasteiger partial charge in [0, 0.05) is 36.5 Å². The molecule has 6 nitrogen and oxygen atoms in total. The maximum Gasteiger partial charge on any atom is 0.223 e. The molecule has 0 aliphatic carbocycles. The van der Waals surface area contributed by atoms with Gasteiger partial charge >= 0.3 is 0 Å². The molecule has 0 unspecified atom stereocenters. The molecule has 1 aliphatic rings. The topological polar surface area (TPSA) is 64.6 Å². The number of ether oxygens (including phenoxy) is 2. The van der Waals surface area contributed by atoms with Crippen molar-refractivity contribution in [3.63, 3.8) is 0 Å². The van der Waals surface area contributed by atoms with Crippen molar-refractivity contribution in [3.05, 3.63) is 40.7 Å². The minimum absolute atomic E-state index is 0.115. The van der Waals surface area contributed by atoms with Crippen molar-refractivity contribution in [1.29, 1.82) is 0 Å². The molecular weight excluding hydrogens is 374 g/mol. The number of amides is 1. The third-order valence-corrected chi connectivity index (χ3v) is 5.46. The van der Waals surface area contributed by atoms with E-state index in [9.17, 15) is 4.79 Å². The van der Waals surface area contributed by atoms with Gasteiger partial charge in [-0.1, -0.05) is 23.9 Å². The van der Waals surface area contributed by atoms with Crippen molar-refractivity contribution < 1.29 is 14.3 Å². The van der Waals surface area contributed by atoms with E-state index in [4.69, 9.17) is 9.47 Å². The van der Waals surface area contributed by atoms with E-state index in [0.717, 1.165) is 39.2 Å². The minimum Gasteiger partial charge on any atom is -0.486 e. The van der Waals surface area contributed by atoms with Gasteiger partial charge in [-0.25, -0.2) is 9.97 Å². The van der Waals surface area contributed by atoms with E-state index in [0.29, 0.717) is 39.1 Å². The van der Waals surface area contributed by atoms with Crippen molar-refractivity contribution in [2.75, 3.05) is 26.0 Å². The second kappa shape index (κ2) is 9.28. The lowest BCUT2D eigenvalue weighted by Gasteiger charge is -2.25. The Bertz CT molecular complexity index is 834. The molecule has 0 spiro atoms. The highest BCUT2D eigenvalue weighted by atomic mass is 32.2. The zero-order chi connectivity index (χ0) is 20.1. The summed E-state index contributed by atoms with van der Waals surface area (Å²) in [6.07, 6.45) is 3.05. The van der Waals surface area contributed by atoms with E-state index in [1.165, 1.54) is 11.8 Å². The first kappa shape index (κ1) is 20.5. The average Bonchev–Trinajstić information content (AvgIpc) is 2.71. The van der Waals surface area contributed by atoms with Gasteiger partial charge in [0.1, 0.15) is 13.2 Å². The molecule has 1 aromatic heterocycles. The predicted molar refractivity (Wildman–Crippen MR) is 110 cm³/mol. The van der Waals surface area contributed by atoms with E-state index in [1.807, 2.05) is 50.1 Å². The summed E-state index contributed by atoms with van der Waals surface area (Å²) in [4.78, 5) is 23.7. The molecule has 2 aromatic rings. The standard InChI is InChI=1S/C21H27N3O3S/c1-5-24(13-16-7-6-8-18-20(16)27-12-11-26-18)19(25)10-9-17-14(2)22-21(28-4)23-15(17)3/h6-8H,5,9-13H2,1-4H3. The fourth-order valence-electron chi connectivity index (χ4n) is 3.39. The predicted octanol–water partition coefficient (Wildman–Crippen LogP) is 3.57. The third-order valence-electron chi connectivity index (χ3n) is 4.91. The van der Waals surface area contributed by atoms with Crippen LogP contribution in [0.1, 0.15) is 35.9 Å². The van der Waals surface area contributed by atoms with Gasteiger partial charge in [-0.3, -0.25) is 4.79 Å². The van der Waals surface area contributed by atoms with E-state index >= 15 is 0 Å². The monoisotopic (exact) mass is 401 g/mol. The zero-order valence-corrected chi connectivity index (χ0v) is 17.8. The van der Waals surface area contributed by atoms with Crippen molar-refractivity contribution >= 4 is 17.7 Å². The second-order valence-electron chi connectivity index (χ2n) is 6.71. The number of aromatic nitrogens is 2. The van der Waals surface area contributed by atoms with Gasteiger partial charge < -0.3 is 14.4 Å². The van der Waals surface area contributed by atoms with Crippen molar-refractivity contribution in [3.8, 4) is 11.5 Å². The Hall–Kier alpha value is -2.28. The van der Waals surface area contributed by atoms with Crippen molar-refractivity contribution in [2.24, 2.45) is 0 Å². The number of carbonyl (C=O) groups excluding carboxylic acids is 1. The van der Waals surface area contributed by atoms with Crippen LogP contribution in [0.4, 0.5) is 0 Å². The number of aryl methyl sites for hydroxylation is 2. The fraction of sp³-hybridized carbons (Fsp3) is 0.476. The molecule has 0 saturated carbocycles. The smallest absolute Gasteiger partial charge is 0.223 e. The highest BCUT2D eigenvalue weighted by molar-refractivity contribution is 7.98.